The van der Waals surface area contributed by atoms with Crippen molar-refractivity contribution >= 4 is 47.9 Å². The lowest BCUT2D eigenvalue weighted by Gasteiger charge is -2.15. The predicted molar refractivity (Wildman–Crippen MR) is 122 cm³/mol. The lowest BCUT2D eigenvalue weighted by Crippen LogP contribution is -2.03. The summed E-state index contributed by atoms with van der Waals surface area (Å²) in [6, 6.07) is 20.5. The van der Waals surface area contributed by atoms with E-state index in [1.54, 1.807) is 30.5 Å². The van der Waals surface area contributed by atoms with Crippen molar-refractivity contribution in [3.63, 3.8) is 0 Å². The monoisotopic (exact) mass is 420 g/mol. The van der Waals surface area contributed by atoms with Gasteiger partial charge >= 0.3 is 0 Å². The maximum Gasteiger partial charge on any atom is 0.148 e. The summed E-state index contributed by atoms with van der Waals surface area (Å²) in [5.41, 5.74) is 3.00. The summed E-state index contributed by atoms with van der Waals surface area (Å²) < 4.78 is 0. The minimum Gasteiger partial charge on any atom is -0.506 e. The molecular formula is C23H18ClN2O2P. The minimum absolute atomic E-state index is 0.00463. The molecule has 0 unspecified atom stereocenters. The highest BCUT2D eigenvalue weighted by atomic mass is 35.5. The fraction of sp³-hybridized carbons (Fsp3) is 0.0435. The predicted octanol–water partition coefficient (Wildman–Crippen LogP) is 5.95. The Bertz CT molecular complexity index is 1200. The first-order valence-corrected chi connectivity index (χ1v) is 9.89. The van der Waals surface area contributed by atoms with Crippen LogP contribution in [-0.4, -0.2) is 20.5 Å². The van der Waals surface area contributed by atoms with E-state index in [0.29, 0.717) is 17.2 Å². The van der Waals surface area contributed by atoms with Crippen LogP contribution in [0.3, 0.4) is 0 Å². The highest BCUT2D eigenvalue weighted by Crippen LogP contribution is 2.46. The summed E-state index contributed by atoms with van der Waals surface area (Å²) >= 11 is 6.31. The molecule has 0 aliphatic rings. The van der Waals surface area contributed by atoms with Gasteiger partial charge in [0.25, 0.3) is 0 Å². The van der Waals surface area contributed by atoms with E-state index in [2.05, 4.69) is 19.2 Å². The first-order chi connectivity index (χ1) is 14.0. The summed E-state index contributed by atoms with van der Waals surface area (Å²) in [5, 5.41) is 26.3. The molecule has 29 heavy (non-hydrogen) atoms. The van der Waals surface area contributed by atoms with Crippen LogP contribution >= 0.6 is 20.5 Å². The van der Waals surface area contributed by atoms with Gasteiger partial charge in [0.15, 0.2) is 0 Å². The Kier molecular flexibility index (Phi) is 5.39. The molecule has 0 fully saturated rings. The van der Waals surface area contributed by atoms with E-state index in [4.69, 9.17) is 11.6 Å². The molecule has 0 amide bonds. The van der Waals surface area contributed by atoms with Gasteiger partial charge in [-0.15, -0.1) is 8.86 Å². The fourth-order valence-corrected chi connectivity index (χ4v) is 3.76. The Morgan fingerprint density at radius 2 is 1.55 bits per heavy atom. The van der Waals surface area contributed by atoms with Gasteiger partial charge in [-0.1, -0.05) is 54.1 Å². The standard InChI is InChI=1S/C23H18ClN2O2P/c24-20-21(23(28)18-7-2-1-6-17(18)22(20)27)26-15-10-8-14(9-11-15)19(29)13-16-5-3-4-12-25-16/h1-12,26-29H,13H2. The van der Waals surface area contributed by atoms with Gasteiger partial charge in [0.2, 0.25) is 0 Å². The van der Waals surface area contributed by atoms with Gasteiger partial charge in [0.05, 0.1) is 0 Å². The third kappa shape index (κ3) is 3.91. The van der Waals surface area contributed by atoms with E-state index in [1.165, 1.54) is 0 Å². The van der Waals surface area contributed by atoms with Crippen molar-refractivity contribution in [2.75, 3.05) is 5.32 Å². The van der Waals surface area contributed by atoms with Gasteiger partial charge < -0.3 is 15.5 Å². The number of phenolic OH excluding ortho intramolecular Hbond substituents is 2. The van der Waals surface area contributed by atoms with E-state index in [-0.39, 0.29) is 22.2 Å². The van der Waals surface area contributed by atoms with Crippen LogP contribution in [0.1, 0.15) is 11.3 Å². The zero-order valence-corrected chi connectivity index (χ0v) is 17.1. The number of fused-ring (bicyclic) bond motifs is 1. The van der Waals surface area contributed by atoms with Crippen LogP contribution in [0.15, 0.2) is 72.9 Å². The van der Waals surface area contributed by atoms with Crippen LogP contribution in [0.2, 0.25) is 5.02 Å². The number of hydrogen-bond acceptors (Lipinski definition) is 4. The van der Waals surface area contributed by atoms with Gasteiger partial charge in [-0.25, -0.2) is 0 Å². The van der Waals surface area contributed by atoms with Crippen LogP contribution < -0.4 is 5.32 Å². The summed E-state index contributed by atoms with van der Waals surface area (Å²) in [4.78, 5) is 4.34. The average molecular weight is 421 g/mol. The number of nitrogens with one attached hydrogen (secondary N) is 1. The zero-order valence-electron chi connectivity index (χ0n) is 15.4. The van der Waals surface area contributed by atoms with Crippen molar-refractivity contribution in [2.24, 2.45) is 0 Å². The van der Waals surface area contributed by atoms with Crippen LogP contribution in [0.25, 0.3) is 10.8 Å². The second kappa shape index (κ2) is 8.12. The SMILES string of the molecule is Oc1c(Cl)c(Nc2ccc(C(=P)Cc3ccccn3)cc2)c(O)c2ccccc12. The van der Waals surface area contributed by atoms with Crippen LogP contribution in [-0.2, 0) is 6.42 Å². The van der Waals surface area contributed by atoms with Crippen molar-refractivity contribution in [2.45, 2.75) is 6.42 Å². The van der Waals surface area contributed by atoms with Crippen molar-refractivity contribution in [3.05, 3.63) is 89.2 Å². The average Bonchev–Trinajstić information content (AvgIpc) is 2.76. The molecule has 0 spiro atoms. The highest BCUT2D eigenvalue weighted by molar-refractivity contribution is 7.22. The molecule has 0 bridgehead atoms. The number of benzene rings is 3. The number of rotatable bonds is 5. The second-order valence-corrected chi connectivity index (χ2v) is 7.59. The van der Waals surface area contributed by atoms with Crippen LogP contribution in [0.5, 0.6) is 11.5 Å². The molecule has 0 saturated carbocycles. The van der Waals surface area contributed by atoms with E-state index >= 15 is 0 Å². The molecule has 4 rings (SSSR count). The lowest BCUT2D eigenvalue weighted by molar-refractivity contribution is 0.471. The zero-order chi connectivity index (χ0) is 20.4. The van der Waals surface area contributed by atoms with Gasteiger partial charge in [0.1, 0.15) is 22.2 Å². The smallest absolute Gasteiger partial charge is 0.148 e. The molecule has 0 aliphatic heterocycles. The van der Waals surface area contributed by atoms with Gasteiger partial charge in [0, 0.05) is 34.8 Å². The molecule has 0 atom stereocenters. The lowest BCUT2D eigenvalue weighted by atomic mass is 10.1. The minimum atomic E-state index is -0.0645. The first kappa shape index (κ1) is 19.3. The molecule has 0 saturated heterocycles. The molecule has 144 valence electrons. The van der Waals surface area contributed by atoms with Crippen LogP contribution in [0, 0.1) is 0 Å². The number of anilines is 2. The molecule has 1 heterocycles. The molecule has 4 aromatic rings. The normalized spacial score (nSPS) is 10.8. The number of aromatic nitrogens is 1. The number of nitrogens with zero attached hydrogens (tertiary/aromatic N) is 1. The van der Waals surface area contributed by atoms with E-state index < -0.39 is 0 Å². The second-order valence-electron chi connectivity index (χ2n) is 6.61. The number of pyridine rings is 1. The third-order valence-corrected chi connectivity index (χ3v) is 5.52. The van der Waals surface area contributed by atoms with Gasteiger partial charge in [-0.2, -0.15) is 0 Å². The molecule has 3 aromatic carbocycles. The topological polar surface area (TPSA) is 65.4 Å². The van der Waals surface area contributed by atoms with Crippen molar-refractivity contribution < 1.29 is 10.2 Å². The number of phenols is 2. The van der Waals surface area contributed by atoms with Crippen molar-refractivity contribution in [1.82, 2.24) is 4.98 Å². The molecule has 1 aromatic heterocycles. The molecule has 3 N–H and O–H groups in total. The summed E-state index contributed by atoms with van der Waals surface area (Å²) in [6.45, 7) is 0. The summed E-state index contributed by atoms with van der Waals surface area (Å²) in [5.74, 6) is -0.0691. The Hall–Kier alpha value is -3.07. The number of hydrogen-bond donors (Lipinski definition) is 3. The first-order valence-electron chi connectivity index (χ1n) is 9.01. The van der Waals surface area contributed by atoms with Gasteiger partial charge in [-0.3, -0.25) is 4.98 Å². The maximum atomic E-state index is 10.6. The number of halogens is 1. The Labute approximate surface area is 175 Å². The Morgan fingerprint density at radius 3 is 2.21 bits per heavy atom. The molecular weight excluding hydrogens is 403 g/mol. The van der Waals surface area contributed by atoms with Gasteiger partial charge in [-0.05, 0) is 35.1 Å². The molecule has 4 nitrogen and oxygen atoms in total. The maximum absolute atomic E-state index is 10.6. The largest absolute Gasteiger partial charge is 0.506 e. The van der Waals surface area contributed by atoms with Crippen LogP contribution in [0.4, 0.5) is 11.4 Å². The molecule has 6 heteroatoms. The quantitative estimate of drug-likeness (QED) is 0.212. The van der Waals surface area contributed by atoms with Crippen molar-refractivity contribution in [1.29, 1.82) is 0 Å². The highest BCUT2D eigenvalue weighted by Gasteiger charge is 2.17. The van der Waals surface area contributed by atoms with E-state index in [0.717, 1.165) is 22.2 Å². The molecule has 0 radical (unpaired) electrons. The number of aromatic hydroxyl groups is 2. The Morgan fingerprint density at radius 1 is 0.897 bits per heavy atom. The van der Waals surface area contributed by atoms with Crippen molar-refractivity contribution in [3.8, 4) is 11.5 Å². The molecule has 0 aliphatic carbocycles. The summed E-state index contributed by atoms with van der Waals surface area (Å²) in [7, 11) is 3.69. The van der Waals surface area contributed by atoms with E-state index in [1.807, 2.05) is 42.5 Å². The summed E-state index contributed by atoms with van der Waals surface area (Å²) in [6.07, 6.45) is 2.46. The fourth-order valence-electron chi connectivity index (χ4n) is 3.17. The third-order valence-electron chi connectivity index (χ3n) is 4.69. The van der Waals surface area contributed by atoms with E-state index in [9.17, 15) is 10.2 Å². The Balaban J connectivity index is 1.59.